The summed E-state index contributed by atoms with van der Waals surface area (Å²) in [6.07, 6.45) is 2.40. The second kappa shape index (κ2) is 9.26. The Morgan fingerprint density at radius 2 is 1.65 bits per heavy atom. The monoisotopic (exact) mass is 295 g/mol. The number of aldehydes is 1. The van der Waals surface area contributed by atoms with Gasteiger partial charge in [-0.2, -0.15) is 5.10 Å². The maximum Gasteiger partial charge on any atom is 0.116 e. The molecule has 5 heteroatoms. The standard InChI is InChI=1S/C11H12ClN3.C2H4O.C2H6/c1-7-4-9(5-8(2)14-7)11-10(12)6-13-15(11)3;1-2-3;1-2/h4-6H,1-3H3;2H,1H3;1-2H3. The molecular formula is C15H22ClN3O. The first-order valence-corrected chi connectivity index (χ1v) is 6.90. The van der Waals surface area contributed by atoms with Gasteiger partial charge in [0, 0.05) is 24.0 Å². The number of carbonyl (C=O) groups is 1. The third kappa shape index (κ3) is 5.13. The van der Waals surface area contributed by atoms with Crippen molar-refractivity contribution in [1.29, 1.82) is 0 Å². The fourth-order valence-electron chi connectivity index (χ4n) is 1.71. The summed E-state index contributed by atoms with van der Waals surface area (Å²) in [5.41, 5.74) is 3.97. The Labute approximate surface area is 125 Å². The maximum absolute atomic E-state index is 8.81. The molecule has 0 aliphatic heterocycles. The number of carbonyl (C=O) groups excluding carboxylic acids is 1. The van der Waals surface area contributed by atoms with Gasteiger partial charge in [0.15, 0.2) is 0 Å². The second-order valence-corrected chi connectivity index (χ2v) is 4.25. The van der Waals surface area contributed by atoms with Crippen LogP contribution in [0, 0.1) is 13.8 Å². The lowest BCUT2D eigenvalue weighted by Crippen LogP contribution is -1.95. The van der Waals surface area contributed by atoms with Gasteiger partial charge in [-0.05, 0) is 32.9 Å². The smallest absolute Gasteiger partial charge is 0.116 e. The molecule has 0 aliphatic carbocycles. The van der Waals surface area contributed by atoms with Crippen molar-refractivity contribution in [3.8, 4) is 11.3 Å². The summed E-state index contributed by atoms with van der Waals surface area (Å²) in [7, 11) is 1.88. The largest absolute Gasteiger partial charge is 0.304 e. The van der Waals surface area contributed by atoms with Gasteiger partial charge in [0.05, 0.1) is 16.9 Å². The van der Waals surface area contributed by atoms with Crippen molar-refractivity contribution >= 4 is 17.9 Å². The van der Waals surface area contributed by atoms with Crippen molar-refractivity contribution in [3.05, 3.63) is 34.7 Å². The van der Waals surface area contributed by atoms with Gasteiger partial charge in [-0.3, -0.25) is 9.67 Å². The number of rotatable bonds is 1. The van der Waals surface area contributed by atoms with Crippen LogP contribution in [0.3, 0.4) is 0 Å². The second-order valence-electron chi connectivity index (χ2n) is 3.84. The molecule has 0 aliphatic rings. The van der Waals surface area contributed by atoms with Crippen LogP contribution < -0.4 is 0 Å². The van der Waals surface area contributed by atoms with Crippen LogP contribution in [0.5, 0.6) is 0 Å². The Bertz CT molecular complexity index is 510. The molecular weight excluding hydrogens is 274 g/mol. The number of nitrogens with zero attached hydrogens (tertiary/aromatic N) is 3. The maximum atomic E-state index is 8.81. The molecule has 0 saturated heterocycles. The van der Waals surface area contributed by atoms with Crippen LogP contribution in [-0.2, 0) is 11.8 Å². The Kier molecular flexibility index (Phi) is 8.48. The lowest BCUT2D eigenvalue weighted by molar-refractivity contribution is -0.106. The van der Waals surface area contributed by atoms with Crippen LogP contribution in [0.1, 0.15) is 32.2 Å². The van der Waals surface area contributed by atoms with Crippen LogP contribution in [0.2, 0.25) is 5.02 Å². The van der Waals surface area contributed by atoms with Crippen molar-refractivity contribution in [2.45, 2.75) is 34.6 Å². The Morgan fingerprint density at radius 3 is 2.00 bits per heavy atom. The molecule has 0 amide bonds. The molecule has 2 rings (SSSR count). The quantitative estimate of drug-likeness (QED) is 0.748. The molecule has 4 nitrogen and oxygen atoms in total. The first kappa shape index (κ1) is 18.3. The van der Waals surface area contributed by atoms with E-state index < -0.39 is 0 Å². The molecule has 0 N–H and O–H groups in total. The summed E-state index contributed by atoms with van der Waals surface area (Å²) in [6, 6.07) is 4.02. The molecule has 2 aromatic rings. The minimum absolute atomic E-state index is 0.669. The van der Waals surface area contributed by atoms with E-state index in [1.54, 1.807) is 10.9 Å². The van der Waals surface area contributed by atoms with Crippen molar-refractivity contribution in [3.63, 3.8) is 0 Å². The van der Waals surface area contributed by atoms with E-state index in [4.69, 9.17) is 16.4 Å². The third-order valence-corrected chi connectivity index (χ3v) is 2.53. The van der Waals surface area contributed by atoms with E-state index in [9.17, 15) is 0 Å². The van der Waals surface area contributed by atoms with Gasteiger partial charge < -0.3 is 4.79 Å². The van der Waals surface area contributed by atoms with E-state index in [0.29, 0.717) is 5.02 Å². The first-order chi connectivity index (χ1) is 9.49. The minimum atomic E-state index is 0.669. The summed E-state index contributed by atoms with van der Waals surface area (Å²) in [5.74, 6) is 0. The highest BCUT2D eigenvalue weighted by Crippen LogP contribution is 2.27. The van der Waals surface area contributed by atoms with Crippen molar-refractivity contribution in [1.82, 2.24) is 14.8 Å². The fraction of sp³-hybridized carbons (Fsp3) is 0.400. The van der Waals surface area contributed by atoms with Gasteiger partial charge >= 0.3 is 0 Å². The van der Waals surface area contributed by atoms with Gasteiger partial charge in [-0.15, -0.1) is 0 Å². The third-order valence-electron chi connectivity index (χ3n) is 2.25. The zero-order valence-electron chi connectivity index (χ0n) is 12.9. The highest BCUT2D eigenvalue weighted by atomic mass is 35.5. The van der Waals surface area contributed by atoms with E-state index in [0.717, 1.165) is 28.9 Å². The van der Waals surface area contributed by atoms with E-state index in [1.165, 1.54) is 6.92 Å². The summed E-state index contributed by atoms with van der Waals surface area (Å²) >= 11 is 6.08. The Hall–Kier alpha value is -1.68. The number of aryl methyl sites for hydroxylation is 3. The molecule has 0 fully saturated rings. The zero-order valence-corrected chi connectivity index (χ0v) is 13.7. The summed E-state index contributed by atoms with van der Waals surface area (Å²) in [6.45, 7) is 9.39. The van der Waals surface area contributed by atoms with Crippen molar-refractivity contribution in [2.24, 2.45) is 7.05 Å². The van der Waals surface area contributed by atoms with Crippen LogP contribution in [-0.4, -0.2) is 21.1 Å². The molecule has 0 atom stereocenters. The Morgan fingerprint density at radius 1 is 1.20 bits per heavy atom. The molecule has 20 heavy (non-hydrogen) atoms. The van der Waals surface area contributed by atoms with E-state index in [2.05, 4.69) is 10.1 Å². The van der Waals surface area contributed by atoms with E-state index >= 15 is 0 Å². The summed E-state index contributed by atoms with van der Waals surface area (Å²) < 4.78 is 1.77. The zero-order chi connectivity index (χ0) is 15.7. The van der Waals surface area contributed by atoms with Gasteiger partial charge in [-0.1, -0.05) is 25.4 Å². The van der Waals surface area contributed by atoms with E-state index in [-0.39, 0.29) is 0 Å². The molecule has 0 radical (unpaired) electrons. The summed E-state index contributed by atoms with van der Waals surface area (Å²) in [4.78, 5) is 13.1. The van der Waals surface area contributed by atoms with Crippen molar-refractivity contribution in [2.75, 3.05) is 0 Å². The predicted molar refractivity (Wildman–Crippen MR) is 84.0 cm³/mol. The van der Waals surface area contributed by atoms with Gasteiger partial charge in [0.1, 0.15) is 6.29 Å². The minimum Gasteiger partial charge on any atom is -0.304 e. The number of pyridine rings is 1. The summed E-state index contributed by atoms with van der Waals surface area (Å²) in [5, 5.41) is 4.79. The van der Waals surface area contributed by atoms with Crippen LogP contribution in [0.25, 0.3) is 11.3 Å². The number of hydrogen-bond donors (Lipinski definition) is 0. The topological polar surface area (TPSA) is 47.8 Å². The van der Waals surface area contributed by atoms with E-state index in [1.807, 2.05) is 46.9 Å². The van der Waals surface area contributed by atoms with Crippen LogP contribution >= 0.6 is 11.6 Å². The number of hydrogen-bond acceptors (Lipinski definition) is 3. The molecule has 110 valence electrons. The average molecular weight is 296 g/mol. The van der Waals surface area contributed by atoms with Crippen LogP contribution in [0.15, 0.2) is 18.3 Å². The van der Waals surface area contributed by atoms with Crippen LogP contribution in [0.4, 0.5) is 0 Å². The fourth-order valence-corrected chi connectivity index (χ4v) is 1.98. The SMILES string of the molecule is CC.CC=O.Cc1cc(-c2c(Cl)cnn2C)cc(C)n1. The first-order valence-electron chi connectivity index (χ1n) is 6.52. The molecule has 0 bridgehead atoms. The van der Waals surface area contributed by atoms with Gasteiger partial charge in [0.2, 0.25) is 0 Å². The number of aromatic nitrogens is 3. The highest BCUT2D eigenvalue weighted by Gasteiger charge is 2.09. The normalized spacial score (nSPS) is 8.95. The molecule has 0 unspecified atom stereocenters. The molecule has 0 spiro atoms. The van der Waals surface area contributed by atoms with Gasteiger partial charge in [0.25, 0.3) is 0 Å². The molecule has 2 aromatic heterocycles. The highest BCUT2D eigenvalue weighted by molar-refractivity contribution is 6.33. The lowest BCUT2D eigenvalue weighted by atomic mass is 10.1. The lowest BCUT2D eigenvalue weighted by Gasteiger charge is -2.05. The number of halogens is 1. The molecule has 2 heterocycles. The predicted octanol–water partition coefficient (Wildman–Crippen LogP) is 3.98. The Balaban J connectivity index is 0.000000641. The van der Waals surface area contributed by atoms with Gasteiger partial charge in [-0.25, -0.2) is 0 Å². The molecule has 0 aromatic carbocycles. The van der Waals surface area contributed by atoms with Crippen molar-refractivity contribution < 1.29 is 4.79 Å². The molecule has 0 saturated carbocycles. The average Bonchev–Trinajstić information content (AvgIpc) is 2.71.